The smallest absolute Gasteiger partial charge is 0.305 e. The third-order valence-electron chi connectivity index (χ3n) is 3.18. The molecule has 132 valence electrons. The lowest BCUT2D eigenvalue weighted by Gasteiger charge is -2.18. The molecule has 1 atom stereocenters. The van der Waals surface area contributed by atoms with Gasteiger partial charge in [-0.05, 0) is 32.6 Å². The Morgan fingerprint density at radius 3 is 2.41 bits per heavy atom. The molecular formula is C16H34IN3O2. The van der Waals surface area contributed by atoms with Crippen LogP contribution in [0.3, 0.4) is 0 Å². The van der Waals surface area contributed by atoms with Crippen molar-refractivity contribution in [3.63, 3.8) is 0 Å². The largest absolute Gasteiger partial charge is 0.466 e. The van der Waals surface area contributed by atoms with E-state index in [0.717, 1.165) is 31.3 Å². The molecule has 0 aromatic carbocycles. The van der Waals surface area contributed by atoms with Gasteiger partial charge in [-0.15, -0.1) is 24.0 Å². The molecule has 2 N–H and O–H groups in total. The van der Waals surface area contributed by atoms with Crippen LogP contribution in [0.1, 0.15) is 59.8 Å². The van der Waals surface area contributed by atoms with Gasteiger partial charge in [0.2, 0.25) is 0 Å². The van der Waals surface area contributed by atoms with Crippen molar-refractivity contribution in [1.82, 2.24) is 10.6 Å². The van der Waals surface area contributed by atoms with E-state index in [1.165, 1.54) is 12.8 Å². The molecule has 0 radical (unpaired) electrons. The average molecular weight is 427 g/mol. The average Bonchev–Trinajstić information content (AvgIpc) is 2.42. The Bertz CT molecular complexity index is 310. The predicted octanol–water partition coefficient (Wildman–Crippen LogP) is 3.33. The van der Waals surface area contributed by atoms with E-state index in [9.17, 15) is 4.79 Å². The van der Waals surface area contributed by atoms with E-state index in [1.807, 2.05) is 6.92 Å². The summed E-state index contributed by atoms with van der Waals surface area (Å²) in [7, 11) is 1.77. The molecular weight excluding hydrogens is 393 g/mol. The van der Waals surface area contributed by atoms with Gasteiger partial charge in [-0.1, -0.05) is 26.7 Å². The number of carbonyl (C=O) groups excluding carboxylic acids is 1. The fourth-order valence-electron chi connectivity index (χ4n) is 2.01. The molecule has 0 aromatic heterocycles. The quantitative estimate of drug-likeness (QED) is 0.185. The Balaban J connectivity index is 0. The van der Waals surface area contributed by atoms with Crippen molar-refractivity contribution in [1.29, 1.82) is 0 Å². The van der Waals surface area contributed by atoms with Crippen LogP contribution in [0.4, 0.5) is 0 Å². The van der Waals surface area contributed by atoms with Crippen LogP contribution in [0.5, 0.6) is 0 Å². The zero-order valence-electron chi connectivity index (χ0n) is 14.8. The third-order valence-corrected chi connectivity index (χ3v) is 3.18. The molecule has 0 saturated heterocycles. The molecule has 0 fully saturated rings. The van der Waals surface area contributed by atoms with Crippen molar-refractivity contribution in [3.05, 3.63) is 0 Å². The number of esters is 1. The number of nitrogens with zero attached hydrogens (tertiary/aromatic N) is 1. The van der Waals surface area contributed by atoms with Crippen LogP contribution < -0.4 is 10.6 Å². The van der Waals surface area contributed by atoms with Crippen molar-refractivity contribution in [2.45, 2.75) is 65.8 Å². The molecule has 0 spiro atoms. The van der Waals surface area contributed by atoms with Gasteiger partial charge in [-0.25, -0.2) is 0 Å². The first kappa shape index (κ1) is 23.7. The second-order valence-electron chi connectivity index (χ2n) is 5.78. The summed E-state index contributed by atoms with van der Waals surface area (Å²) < 4.78 is 4.89. The van der Waals surface area contributed by atoms with Gasteiger partial charge in [0.15, 0.2) is 5.96 Å². The van der Waals surface area contributed by atoms with Gasteiger partial charge < -0.3 is 15.4 Å². The standard InChI is InChI=1S/C16H33N3O2.HI/c1-6-21-15(20)11-8-12-18-16(17-5)19-14(4)10-7-9-13(2)3;/h13-14H,6-12H2,1-5H3,(H2,17,18,19);1H. The molecule has 0 amide bonds. The minimum Gasteiger partial charge on any atom is -0.466 e. The topological polar surface area (TPSA) is 62.7 Å². The molecule has 1 unspecified atom stereocenters. The van der Waals surface area contributed by atoms with Crippen molar-refractivity contribution < 1.29 is 9.53 Å². The van der Waals surface area contributed by atoms with E-state index in [4.69, 9.17) is 4.74 Å². The van der Waals surface area contributed by atoms with Crippen molar-refractivity contribution >= 4 is 35.9 Å². The van der Waals surface area contributed by atoms with E-state index in [1.54, 1.807) is 7.05 Å². The lowest BCUT2D eigenvalue weighted by Crippen LogP contribution is -2.42. The second-order valence-corrected chi connectivity index (χ2v) is 5.78. The van der Waals surface area contributed by atoms with Gasteiger partial charge in [-0.2, -0.15) is 0 Å². The molecule has 0 aliphatic rings. The van der Waals surface area contributed by atoms with E-state index in [-0.39, 0.29) is 29.9 Å². The highest BCUT2D eigenvalue weighted by atomic mass is 127. The minimum atomic E-state index is -0.135. The van der Waals surface area contributed by atoms with E-state index in [0.29, 0.717) is 19.1 Å². The van der Waals surface area contributed by atoms with Gasteiger partial charge >= 0.3 is 5.97 Å². The van der Waals surface area contributed by atoms with E-state index >= 15 is 0 Å². The summed E-state index contributed by atoms with van der Waals surface area (Å²) >= 11 is 0. The third kappa shape index (κ3) is 14.4. The number of carbonyl (C=O) groups is 1. The Hall–Kier alpha value is -0.530. The number of nitrogens with one attached hydrogen (secondary N) is 2. The summed E-state index contributed by atoms with van der Waals surface area (Å²) in [4.78, 5) is 15.4. The first-order valence-electron chi connectivity index (χ1n) is 8.12. The first-order valence-corrected chi connectivity index (χ1v) is 8.12. The lowest BCUT2D eigenvalue weighted by atomic mass is 10.0. The summed E-state index contributed by atoms with van der Waals surface area (Å²) in [5.41, 5.74) is 0. The summed E-state index contributed by atoms with van der Waals surface area (Å²) in [5, 5.41) is 6.60. The van der Waals surface area contributed by atoms with Gasteiger partial charge in [0.1, 0.15) is 0 Å². The molecule has 5 nitrogen and oxygen atoms in total. The van der Waals surface area contributed by atoms with Gasteiger partial charge in [0, 0.05) is 26.1 Å². The number of hydrogen-bond acceptors (Lipinski definition) is 3. The van der Waals surface area contributed by atoms with Crippen LogP contribution in [-0.4, -0.2) is 38.2 Å². The van der Waals surface area contributed by atoms with Crippen LogP contribution in [0.25, 0.3) is 0 Å². The first-order chi connectivity index (χ1) is 9.99. The maximum absolute atomic E-state index is 11.2. The molecule has 6 heteroatoms. The zero-order valence-corrected chi connectivity index (χ0v) is 17.1. The van der Waals surface area contributed by atoms with Crippen LogP contribution in [0.2, 0.25) is 0 Å². The summed E-state index contributed by atoms with van der Waals surface area (Å²) in [6.45, 7) is 9.67. The number of ether oxygens (including phenoxy) is 1. The molecule has 0 aliphatic carbocycles. The van der Waals surface area contributed by atoms with Crippen LogP contribution in [-0.2, 0) is 9.53 Å². The minimum absolute atomic E-state index is 0. The number of guanidine groups is 1. The summed E-state index contributed by atoms with van der Waals surface area (Å²) in [5.74, 6) is 1.43. The Labute approximate surface area is 153 Å². The molecule has 0 heterocycles. The molecule has 0 saturated carbocycles. The van der Waals surface area contributed by atoms with E-state index in [2.05, 4.69) is 36.4 Å². The van der Waals surface area contributed by atoms with Crippen LogP contribution >= 0.6 is 24.0 Å². The molecule has 0 aromatic rings. The maximum atomic E-state index is 11.2. The van der Waals surface area contributed by atoms with E-state index < -0.39 is 0 Å². The normalized spacial score (nSPS) is 12.5. The molecule has 22 heavy (non-hydrogen) atoms. The number of halogens is 1. The summed E-state index contributed by atoms with van der Waals surface area (Å²) in [6, 6.07) is 0.403. The van der Waals surface area contributed by atoms with Gasteiger partial charge in [-0.3, -0.25) is 9.79 Å². The van der Waals surface area contributed by atoms with Gasteiger partial charge in [0.25, 0.3) is 0 Å². The Morgan fingerprint density at radius 2 is 1.86 bits per heavy atom. The van der Waals surface area contributed by atoms with Crippen molar-refractivity contribution in [3.8, 4) is 0 Å². The number of hydrogen-bond donors (Lipinski definition) is 2. The Morgan fingerprint density at radius 1 is 1.18 bits per heavy atom. The van der Waals surface area contributed by atoms with Crippen molar-refractivity contribution in [2.24, 2.45) is 10.9 Å². The second kappa shape index (κ2) is 15.4. The number of aliphatic imine (C=N–C) groups is 1. The SMILES string of the molecule is CCOC(=O)CCCNC(=NC)NC(C)CCCC(C)C.I. The fourth-order valence-corrected chi connectivity index (χ4v) is 2.01. The zero-order chi connectivity index (χ0) is 16.1. The van der Waals surface area contributed by atoms with Gasteiger partial charge in [0.05, 0.1) is 6.61 Å². The Kier molecular flexibility index (Phi) is 16.6. The highest BCUT2D eigenvalue weighted by molar-refractivity contribution is 14.0. The highest BCUT2D eigenvalue weighted by Crippen LogP contribution is 2.08. The maximum Gasteiger partial charge on any atom is 0.305 e. The highest BCUT2D eigenvalue weighted by Gasteiger charge is 2.06. The predicted molar refractivity (Wildman–Crippen MR) is 104 cm³/mol. The molecule has 0 rings (SSSR count). The van der Waals surface area contributed by atoms with Crippen LogP contribution in [0, 0.1) is 5.92 Å². The monoisotopic (exact) mass is 427 g/mol. The molecule has 0 aliphatic heterocycles. The number of rotatable bonds is 10. The fraction of sp³-hybridized carbons (Fsp3) is 0.875. The van der Waals surface area contributed by atoms with Crippen LogP contribution in [0.15, 0.2) is 4.99 Å². The van der Waals surface area contributed by atoms with Crippen molar-refractivity contribution in [2.75, 3.05) is 20.2 Å². The molecule has 0 bridgehead atoms. The lowest BCUT2D eigenvalue weighted by molar-refractivity contribution is -0.143. The summed E-state index contributed by atoms with van der Waals surface area (Å²) in [6.07, 6.45) is 4.83.